The Bertz CT molecular complexity index is 571. The second-order valence-electron chi connectivity index (χ2n) is 7.60. The van der Waals surface area contributed by atoms with E-state index in [4.69, 9.17) is 4.99 Å². The van der Waals surface area contributed by atoms with Crippen LogP contribution in [0.25, 0.3) is 0 Å². The molecule has 0 saturated heterocycles. The molecule has 2 aliphatic carbocycles. The van der Waals surface area contributed by atoms with Gasteiger partial charge in [0.1, 0.15) is 5.75 Å². The van der Waals surface area contributed by atoms with E-state index in [0.29, 0.717) is 11.8 Å². The van der Waals surface area contributed by atoms with Crippen LogP contribution in [-0.2, 0) is 0 Å². The average molecular weight is 330 g/mol. The molecular formula is C20H31NOSi. The molecule has 0 heterocycles. The minimum atomic E-state index is -1.55. The maximum Gasteiger partial charge on any atom is 0.123 e. The van der Waals surface area contributed by atoms with Crippen LogP contribution in [0.5, 0.6) is 5.75 Å². The monoisotopic (exact) mass is 329 g/mol. The quantitative estimate of drug-likeness (QED) is 0.594. The van der Waals surface area contributed by atoms with E-state index in [1.54, 1.807) is 0 Å². The van der Waals surface area contributed by atoms with Crippen LogP contribution in [0, 0.1) is 11.8 Å². The summed E-state index contributed by atoms with van der Waals surface area (Å²) in [6.45, 7) is 6.86. The Hall–Kier alpha value is -1.09. The Kier molecular flexibility index (Phi) is 4.95. The predicted octanol–water partition coefficient (Wildman–Crippen LogP) is 4.72. The number of para-hydroxylation sites is 1. The second-order valence-corrected chi connectivity index (χ2v) is 12.8. The lowest BCUT2D eigenvalue weighted by molar-refractivity contribution is 0.421. The van der Waals surface area contributed by atoms with E-state index in [9.17, 15) is 5.11 Å². The van der Waals surface area contributed by atoms with Crippen molar-refractivity contribution in [3.8, 4) is 5.75 Å². The molecule has 3 rings (SSSR count). The van der Waals surface area contributed by atoms with Crippen LogP contribution < -0.4 is 5.19 Å². The third-order valence-electron chi connectivity index (χ3n) is 6.77. The Morgan fingerprint density at radius 1 is 1.13 bits per heavy atom. The summed E-state index contributed by atoms with van der Waals surface area (Å²) in [6.07, 6.45) is 7.38. The van der Waals surface area contributed by atoms with Gasteiger partial charge in [0, 0.05) is 11.8 Å². The first kappa shape index (κ1) is 16.8. The van der Waals surface area contributed by atoms with Gasteiger partial charge in [-0.15, -0.1) is 0 Å². The molecule has 3 unspecified atom stereocenters. The van der Waals surface area contributed by atoms with Crippen LogP contribution in [0.3, 0.4) is 0 Å². The Balaban J connectivity index is 1.85. The van der Waals surface area contributed by atoms with E-state index < -0.39 is 8.07 Å². The number of fused-ring (bicyclic) bond motifs is 2. The molecule has 2 fully saturated rings. The van der Waals surface area contributed by atoms with E-state index in [0.717, 1.165) is 17.4 Å². The number of aromatic hydroxyl groups is 1. The maximum absolute atomic E-state index is 10.9. The number of phenols is 1. The van der Waals surface area contributed by atoms with Gasteiger partial charge in [0.25, 0.3) is 0 Å². The molecule has 2 saturated carbocycles. The average Bonchev–Trinajstić information content (AvgIpc) is 3.20. The van der Waals surface area contributed by atoms with Gasteiger partial charge in [-0.2, -0.15) is 0 Å². The number of hydrogen-bond donors (Lipinski definition) is 1. The highest BCUT2D eigenvalue weighted by atomic mass is 28.3. The van der Waals surface area contributed by atoms with E-state index in [2.05, 4.69) is 32.9 Å². The molecule has 3 heteroatoms. The molecule has 0 radical (unpaired) electrons. The highest BCUT2D eigenvalue weighted by molar-refractivity contribution is 6.92. The molecule has 3 atom stereocenters. The molecule has 1 N–H and O–H groups in total. The van der Waals surface area contributed by atoms with E-state index >= 15 is 0 Å². The van der Waals surface area contributed by atoms with Gasteiger partial charge >= 0.3 is 0 Å². The molecule has 1 aromatic rings. The Morgan fingerprint density at radius 3 is 2.43 bits per heavy atom. The first-order valence-electron chi connectivity index (χ1n) is 9.49. The molecule has 0 spiro atoms. The Morgan fingerprint density at radius 2 is 1.87 bits per heavy atom. The van der Waals surface area contributed by atoms with Gasteiger partial charge in [0.05, 0.1) is 14.1 Å². The zero-order valence-corrected chi connectivity index (χ0v) is 15.9. The molecule has 1 aromatic carbocycles. The largest absolute Gasteiger partial charge is 0.507 e. The second kappa shape index (κ2) is 6.80. The lowest BCUT2D eigenvalue weighted by Crippen LogP contribution is -2.46. The fourth-order valence-electron chi connectivity index (χ4n) is 4.98. The van der Waals surface area contributed by atoms with Crippen molar-refractivity contribution in [2.75, 3.05) is 0 Å². The molecule has 2 nitrogen and oxygen atoms in total. The number of rotatable bonds is 6. The molecule has 2 aliphatic rings. The van der Waals surface area contributed by atoms with Crippen molar-refractivity contribution in [2.24, 2.45) is 16.8 Å². The summed E-state index contributed by atoms with van der Waals surface area (Å²) in [4.78, 5) is 4.87. The summed E-state index contributed by atoms with van der Waals surface area (Å²) < 4.78 is 0. The lowest BCUT2D eigenvalue weighted by atomic mass is 9.96. The van der Waals surface area contributed by atoms with Crippen molar-refractivity contribution in [3.63, 3.8) is 0 Å². The summed E-state index contributed by atoms with van der Waals surface area (Å²) in [7, 11) is -1.55. The topological polar surface area (TPSA) is 32.6 Å². The number of benzene rings is 1. The van der Waals surface area contributed by atoms with E-state index in [1.807, 2.05) is 12.3 Å². The summed E-state index contributed by atoms with van der Waals surface area (Å²) in [5, 5.41) is 12.1. The standard InChI is InChI=1S/C20H31NOSi/c1-4-23(5-2,6-3)19-9-7-8-17(20(19)22)14-21-18-13-15-10-11-16(18)12-15/h7-9,14-16,18,22H,4-6,10-13H2,1-3H3. The predicted molar refractivity (Wildman–Crippen MR) is 102 cm³/mol. The molecule has 0 aliphatic heterocycles. The summed E-state index contributed by atoms with van der Waals surface area (Å²) >= 11 is 0. The van der Waals surface area contributed by atoms with Crippen molar-refractivity contribution in [2.45, 2.75) is 70.6 Å². The lowest BCUT2D eigenvalue weighted by Gasteiger charge is -2.29. The van der Waals surface area contributed by atoms with Crippen molar-refractivity contribution in [1.29, 1.82) is 0 Å². The molecular weight excluding hydrogens is 298 g/mol. The number of aliphatic imine (C=N–C) groups is 1. The van der Waals surface area contributed by atoms with Crippen LogP contribution in [-0.4, -0.2) is 25.4 Å². The minimum absolute atomic E-state index is 0.502. The minimum Gasteiger partial charge on any atom is -0.507 e. The fourth-order valence-corrected chi connectivity index (χ4v) is 8.72. The summed E-state index contributed by atoms with van der Waals surface area (Å²) in [5.74, 6) is 2.23. The number of phenolic OH excluding ortho intramolecular Hbond substituents is 1. The smallest absolute Gasteiger partial charge is 0.123 e. The molecule has 2 bridgehead atoms. The highest BCUT2D eigenvalue weighted by Gasteiger charge is 2.39. The van der Waals surface area contributed by atoms with Crippen molar-refractivity contribution in [3.05, 3.63) is 23.8 Å². The zero-order chi connectivity index (χ0) is 16.4. The van der Waals surface area contributed by atoms with Crippen LogP contribution >= 0.6 is 0 Å². The van der Waals surface area contributed by atoms with Crippen molar-refractivity contribution < 1.29 is 5.11 Å². The SMILES string of the molecule is CC[Si](CC)(CC)c1cccc(C=NC2CC3CCC2C3)c1O. The van der Waals surface area contributed by atoms with Gasteiger partial charge in [-0.1, -0.05) is 57.5 Å². The molecule has 126 valence electrons. The van der Waals surface area contributed by atoms with Crippen LogP contribution in [0.2, 0.25) is 18.1 Å². The van der Waals surface area contributed by atoms with Crippen LogP contribution in [0.4, 0.5) is 0 Å². The van der Waals surface area contributed by atoms with Crippen LogP contribution in [0.15, 0.2) is 23.2 Å². The third kappa shape index (κ3) is 3.00. The zero-order valence-electron chi connectivity index (χ0n) is 14.9. The van der Waals surface area contributed by atoms with E-state index in [-0.39, 0.29) is 0 Å². The van der Waals surface area contributed by atoms with Crippen molar-refractivity contribution >= 4 is 19.5 Å². The maximum atomic E-state index is 10.9. The van der Waals surface area contributed by atoms with Crippen molar-refractivity contribution in [1.82, 2.24) is 0 Å². The van der Waals surface area contributed by atoms with Crippen LogP contribution in [0.1, 0.15) is 52.0 Å². The van der Waals surface area contributed by atoms with Gasteiger partial charge in [0.15, 0.2) is 0 Å². The first-order chi connectivity index (χ1) is 11.1. The van der Waals surface area contributed by atoms with Gasteiger partial charge in [-0.25, -0.2) is 0 Å². The summed E-state index contributed by atoms with van der Waals surface area (Å²) in [6, 6.07) is 10.4. The normalized spacial score (nSPS) is 27.2. The van der Waals surface area contributed by atoms with E-state index in [1.165, 1.54) is 49.0 Å². The van der Waals surface area contributed by atoms with Gasteiger partial charge in [-0.05, 0) is 42.4 Å². The Labute approximate surface area is 142 Å². The molecule has 0 aromatic heterocycles. The van der Waals surface area contributed by atoms with Gasteiger partial charge < -0.3 is 5.11 Å². The fraction of sp³-hybridized carbons (Fsp3) is 0.650. The summed E-state index contributed by atoms with van der Waals surface area (Å²) in [5.41, 5.74) is 0.928. The highest BCUT2D eigenvalue weighted by Crippen LogP contribution is 2.45. The number of hydrogen-bond acceptors (Lipinski definition) is 2. The molecule has 23 heavy (non-hydrogen) atoms. The third-order valence-corrected chi connectivity index (χ3v) is 12.4. The number of nitrogens with zero attached hydrogens (tertiary/aromatic N) is 1. The van der Waals surface area contributed by atoms with Gasteiger partial charge in [0.2, 0.25) is 0 Å². The first-order valence-corrected chi connectivity index (χ1v) is 12.1. The van der Waals surface area contributed by atoms with Gasteiger partial charge in [-0.3, -0.25) is 4.99 Å². The molecule has 0 amide bonds.